The van der Waals surface area contributed by atoms with Gasteiger partial charge in [-0.1, -0.05) is 6.08 Å². The van der Waals surface area contributed by atoms with Crippen LogP contribution in [0.5, 0.6) is 5.95 Å². The lowest BCUT2D eigenvalue weighted by Gasteiger charge is -1.93. The molecule has 0 amide bonds. The number of hydrogen-bond acceptors (Lipinski definition) is 4. The Morgan fingerprint density at radius 2 is 2.40 bits per heavy atom. The topological polar surface area (TPSA) is 48.7 Å². The van der Waals surface area contributed by atoms with E-state index < -0.39 is 0 Å². The fourth-order valence-electron chi connectivity index (χ4n) is 0.807. The van der Waals surface area contributed by atoms with Crippen LogP contribution in [-0.2, 0) is 9.53 Å². The Morgan fingerprint density at radius 1 is 1.53 bits per heavy atom. The third-order valence-corrected chi connectivity index (χ3v) is 1.39. The summed E-state index contributed by atoms with van der Waals surface area (Å²) in [6.45, 7) is 2.12. The first kappa shape index (κ1) is 11.1. The molecular weight excluding hydrogens is 196 g/mol. The van der Waals surface area contributed by atoms with Crippen molar-refractivity contribution >= 4 is 5.97 Å². The maximum atomic E-state index is 10.8. The largest absolute Gasteiger partial charge is 0.463 e. The van der Waals surface area contributed by atoms with Gasteiger partial charge in [0.25, 0.3) is 5.95 Å². The zero-order valence-corrected chi connectivity index (χ0v) is 8.38. The highest BCUT2D eigenvalue weighted by Crippen LogP contribution is 2.09. The lowest BCUT2D eigenvalue weighted by molar-refractivity contribution is -0.137. The molecule has 0 fully saturated rings. The van der Waals surface area contributed by atoms with E-state index in [1.165, 1.54) is 24.7 Å². The van der Waals surface area contributed by atoms with Gasteiger partial charge in [-0.05, 0) is 19.1 Å². The van der Waals surface area contributed by atoms with Crippen LogP contribution < -0.4 is 4.74 Å². The van der Waals surface area contributed by atoms with Gasteiger partial charge >= 0.3 is 5.97 Å². The molecule has 0 bridgehead atoms. The van der Waals surface area contributed by atoms with E-state index in [2.05, 4.69) is 4.74 Å². The first-order valence-corrected chi connectivity index (χ1v) is 4.53. The number of carbonyl (C=O) groups excluding carboxylic acids is 1. The van der Waals surface area contributed by atoms with Crippen molar-refractivity contribution in [2.75, 3.05) is 6.61 Å². The number of furan rings is 1. The molecule has 0 saturated carbocycles. The molecule has 1 heterocycles. The maximum Gasteiger partial charge on any atom is 0.330 e. The van der Waals surface area contributed by atoms with Crippen LogP contribution >= 0.6 is 0 Å². The van der Waals surface area contributed by atoms with Crippen LogP contribution in [0.1, 0.15) is 6.92 Å². The maximum absolute atomic E-state index is 10.8. The normalized spacial score (nSPS) is 11.0. The summed E-state index contributed by atoms with van der Waals surface area (Å²) in [5.41, 5.74) is 0. The molecule has 0 atom stereocenters. The average Bonchev–Trinajstić information content (AvgIpc) is 2.70. The molecule has 0 saturated heterocycles. The average molecular weight is 208 g/mol. The summed E-state index contributed by atoms with van der Waals surface area (Å²) >= 11 is 0. The first-order chi connectivity index (χ1) is 7.33. The van der Waals surface area contributed by atoms with Crippen LogP contribution in [0.4, 0.5) is 0 Å². The number of ether oxygens (including phenoxy) is 2. The summed E-state index contributed by atoms with van der Waals surface area (Å²) in [5.74, 6) is 0.0240. The van der Waals surface area contributed by atoms with Crippen molar-refractivity contribution in [1.82, 2.24) is 0 Å². The molecule has 1 aromatic heterocycles. The van der Waals surface area contributed by atoms with E-state index in [0.29, 0.717) is 12.6 Å². The Kier molecular flexibility index (Phi) is 4.80. The van der Waals surface area contributed by atoms with Gasteiger partial charge in [-0.15, -0.1) is 0 Å². The summed E-state index contributed by atoms with van der Waals surface area (Å²) in [6, 6.07) is 3.40. The second kappa shape index (κ2) is 6.48. The molecule has 0 N–H and O–H groups in total. The Morgan fingerprint density at radius 3 is 3.07 bits per heavy atom. The van der Waals surface area contributed by atoms with Gasteiger partial charge in [0.2, 0.25) is 0 Å². The Hall–Kier alpha value is -1.97. The second-order valence-corrected chi connectivity index (χ2v) is 2.49. The Labute approximate surface area is 87.8 Å². The van der Waals surface area contributed by atoms with Crippen LogP contribution in [0.15, 0.2) is 47.3 Å². The van der Waals surface area contributed by atoms with Gasteiger partial charge in [-0.25, -0.2) is 4.79 Å². The molecule has 1 aromatic rings. The van der Waals surface area contributed by atoms with E-state index in [-0.39, 0.29) is 5.97 Å². The summed E-state index contributed by atoms with van der Waals surface area (Å²) in [6.07, 6.45) is 7.33. The van der Waals surface area contributed by atoms with Gasteiger partial charge in [-0.2, -0.15) is 0 Å². The fourth-order valence-corrected chi connectivity index (χ4v) is 0.807. The molecule has 0 aromatic carbocycles. The minimum Gasteiger partial charge on any atom is -0.463 e. The van der Waals surface area contributed by atoms with Gasteiger partial charge < -0.3 is 13.9 Å². The molecule has 0 aliphatic heterocycles. The number of allylic oxidation sites excluding steroid dienone is 2. The lowest BCUT2D eigenvalue weighted by Crippen LogP contribution is -1.98. The molecule has 4 heteroatoms. The summed E-state index contributed by atoms with van der Waals surface area (Å²) in [5, 5.41) is 0. The van der Waals surface area contributed by atoms with Crippen molar-refractivity contribution in [3.8, 4) is 5.95 Å². The zero-order chi connectivity index (χ0) is 10.9. The standard InChI is InChI=1S/C11H12O4/c1-2-13-10(12)6-3-4-8-14-11-7-5-9-15-11/h3-9H,2H2,1H3. The molecule has 0 radical (unpaired) electrons. The predicted molar refractivity (Wildman–Crippen MR) is 54.2 cm³/mol. The molecular formula is C11H12O4. The summed E-state index contributed by atoms with van der Waals surface area (Å²) in [7, 11) is 0. The van der Waals surface area contributed by atoms with Crippen molar-refractivity contribution in [1.29, 1.82) is 0 Å². The smallest absolute Gasteiger partial charge is 0.330 e. The van der Waals surface area contributed by atoms with Crippen molar-refractivity contribution in [2.45, 2.75) is 6.92 Å². The molecule has 0 aliphatic carbocycles. The highest BCUT2D eigenvalue weighted by atomic mass is 16.6. The van der Waals surface area contributed by atoms with Crippen LogP contribution in [-0.4, -0.2) is 12.6 Å². The van der Waals surface area contributed by atoms with Crippen LogP contribution in [0.3, 0.4) is 0 Å². The summed E-state index contributed by atoms with van der Waals surface area (Å²) in [4.78, 5) is 10.8. The summed E-state index contributed by atoms with van der Waals surface area (Å²) < 4.78 is 14.6. The minimum atomic E-state index is -0.375. The third kappa shape index (κ3) is 4.71. The molecule has 4 nitrogen and oxygen atoms in total. The first-order valence-electron chi connectivity index (χ1n) is 4.53. The van der Waals surface area contributed by atoms with Crippen molar-refractivity contribution in [2.24, 2.45) is 0 Å². The highest BCUT2D eigenvalue weighted by Gasteiger charge is 1.91. The van der Waals surface area contributed by atoms with E-state index in [9.17, 15) is 4.79 Å². The minimum absolute atomic E-state index is 0.371. The van der Waals surface area contributed by atoms with Gasteiger partial charge in [0.05, 0.1) is 19.1 Å². The quantitative estimate of drug-likeness (QED) is 0.322. The number of rotatable bonds is 5. The number of esters is 1. The number of carbonyl (C=O) groups is 1. The second-order valence-electron chi connectivity index (χ2n) is 2.49. The molecule has 15 heavy (non-hydrogen) atoms. The van der Waals surface area contributed by atoms with Crippen molar-refractivity contribution in [3.63, 3.8) is 0 Å². The Bertz CT molecular complexity index is 335. The Balaban J connectivity index is 2.24. The predicted octanol–water partition coefficient (Wildman–Crippen LogP) is 2.29. The van der Waals surface area contributed by atoms with Crippen LogP contribution in [0.25, 0.3) is 0 Å². The van der Waals surface area contributed by atoms with Gasteiger partial charge in [0.15, 0.2) is 0 Å². The van der Waals surface area contributed by atoms with Crippen LogP contribution in [0, 0.1) is 0 Å². The molecule has 0 aliphatic rings. The third-order valence-electron chi connectivity index (χ3n) is 1.39. The van der Waals surface area contributed by atoms with Gasteiger partial charge in [-0.3, -0.25) is 0 Å². The fraction of sp³-hybridized carbons (Fsp3) is 0.182. The molecule has 80 valence electrons. The SMILES string of the molecule is CCOC(=O)C=CC=COc1ccco1. The molecule has 0 unspecified atom stereocenters. The van der Waals surface area contributed by atoms with E-state index in [1.807, 2.05) is 0 Å². The van der Waals surface area contributed by atoms with E-state index in [0.717, 1.165) is 0 Å². The number of hydrogen-bond donors (Lipinski definition) is 0. The highest BCUT2D eigenvalue weighted by molar-refractivity contribution is 5.82. The van der Waals surface area contributed by atoms with E-state index >= 15 is 0 Å². The van der Waals surface area contributed by atoms with Crippen LogP contribution in [0.2, 0.25) is 0 Å². The lowest BCUT2D eigenvalue weighted by atomic mass is 10.5. The molecule has 0 spiro atoms. The van der Waals surface area contributed by atoms with Gasteiger partial charge in [0, 0.05) is 12.1 Å². The van der Waals surface area contributed by atoms with E-state index in [1.54, 1.807) is 25.1 Å². The van der Waals surface area contributed by atoms with Crippen molar-refractivity contribution < 1.29 is 18.7 Å². The van der Waals surface area contributed by atoms with E-state index in [4.69, 9.17) is 9.15 Å². The van der Waals surface area contributed by atoms with Gasteiger partial charge in [0.1, 0.15) is 0 Å². The zero-order valence-electron chi connectivity index (χ0n) is 8.38. The molecule has 1 rings (SSSR count). The van der Waals surface area contributed by atoms with Crippen molar-refractivity contribution in [3.05, 3.63) is 42.9 Å². The monoisotopic (exact) mass is 208 g/mol.